The molecule has 2 aromatic rings. The topological polar surface area (TPSA) is 91.2 Å². The maximum absolute atomic E-state index is 12.4. The lowest BCUT2D eigenvalue weighted by molar-refractivity contribution is -0.115. The van der Waals surface area contributed by atoms with Crippen LogP contribution in [-0.4, -0.2) is 18.9 Å². The number of hydrogen-bond donors (Lipinski definition) is 2. The zero-order chi connectivity index (χ0) is 17.5. The zero-order valence-electron chi connectivity index (χ0n) is 12.8. The minimum atomic E-state index is -0.438. The Balaban J connectivity index is 2.17. The minimum absolute atomic E-state index is 0.254. The largest absolute Gasteiger partial charge is 0.495 e. The average molecular weight is 344 g/mol. The number of halogens is 1. The van der Waals surface area contributed by atoms with E-state index < -0.39 is 5.91 Å². The molecule has 0 unspecified atom stereocenters. The van der Waals surface area contributed by atoms with Crippen LogP contribution in [0.15, 0.2) is 42.5 Å². The van der Waals surface area contributed by atoms with E-state index in [1.54, 1.807) is 42.5 Å². The number of nitrogens with one attached hydrogen (secondary N) is 2. The van der Waals surface area contributed by atoms with Gasteiger partial charge in [-0.25, -0.2) is 0 Å². The van der Waals surface area contributed by atoms with Gasteiger partial charge in [-0.2, -0.15) is 5.26 Å². The first kappa shape index (κ1) is 17.3. The minimum Gasteiger partial charge on any atom is -0.495 e. The van der Waals surface area contributed by atoms with E-state index in [0.29, 0.717) is 27.7 Å². The lowest BCUT2D eigenvalue weighted by atomic mass is 10.1. The summed E-state index contributed by atoms with van der Waals surface area (Å²) in [6.07, 6.45) is -0.254. The van der Waals surface area contributed by atoms with E-state index in [9.17, 15) is 9.59 Å². The number of nitriles is 1. The van der Waals surface area contributed by atoms with Gasteiger partial charge in [0.15, 0.2) is 0 Å². The number of carbonyl (C=O) groups excluding carboxylic acids is 2. The Kier molecular flexibility index (Phi) is 5.77. The molecule has 6 nitrogen and oxygen atoms in total. The van der Waals surface area contributed by atoms with Gasteiger partial charge in [0.2, 0.25) is 5.91 Å². The SMILES string of the molecule is COc1ccc(Cl)cc1NC(=O)c1cccc(NC(=O)CC#N)c1. The van der Waals surface area contributed by atoms with Gasteiger partial charge in [-0.15, -0.1) is 0 Å². The van der Waals surface area contributed by atoms with Crippen LogP contribution < -0.4 is 15.4 Å². The molecule has 0 spiro atoms. The number of benzene rings is 2. The molecular formula is C17H14ClN3O3. The summed E-state index contributed by atoms with van der Waals surface area (Å²) >= 11 is 5.93. The third kappa shape index (κ3) is 4.48. The molecule has 7 heteroatoms. The van der Waals surface area contributed by atoms with Gasteiger partial charge in [0.05, 0.1) is 18.9 Å². The van der Waals surface area contributed by atoms with Crippen LogP contribution in [0.1, 0.15) is 16.8 Å². The molecule has 0 aliphatic rings. The van der Waals surface area contributed by atoms with Crippen molar-refractivity contribution in [1.82, 2.24) is 0 Å². The van der Waals surface area contributed by atoms with E-state index in [1.807, 2.05) is 0 Å². The van der Waals surface area contributed by atoms with Crippen LogP contribution in [0.3, 0.4) is 0 Å². The number of carbonyl (C=O) groups is 2. The molecule has 0 fully saturated rings. The second-order valence-corrected chi connectivity index (χ2v) is 5.20. The van der Waals surface area contributed by atoms with Crippen LogP contribution in [0.2, 0.25) is 5.02 Å². The highest BCUT2D eigenvalue weighted by Gasteiger charge is 2.11. The van der Waals surface area contributed by atoms with Gasteiger partial charge >= 0.3 is 0 Å². The molecule has 2 rings (SSSR count). The second kappa shape index (κ2) is 7.99. The fourth-order valence-electron chi connectivity index (χ4n) is 1.99. The number of anilines is 2. The first-order valence-corrected chi connectivity index (χ1v) is 7.33. The average Bonchev–Trinajstić information content (AvgIpc) is 2.55. The summed E-state index contributed by atoms with van der Waals surface area (Å²) in [5.41, 5.74) is 1.21. The smallest absolute Gasteiger partial charge is 0.255 e. The highest BCUT2D eigenvalue weighted by Crippen LogP contribution is 2.28. The van der Waals surface area contributed by atoms with Crippen molar-refractivity contribution in [1.29, 1.82) is 5.26 Å². The number of ether oxygens (including phenoxy) is 1. The molecule has 122 valence electrons. The quantitative estimate of drug-likeness (QED) is 0.869. The predicted octanol–water partition coefficient (Wildman–Crippen LogP) is 3.45. The lowest BCUT2D eigenvalue weighted by Crippen LogP contribution is -2.14. The number of hydrogen-bond acceptors (Lipinski definition) is 4. The molecule has 0 aliphatic heterocycles. The van der Waals surface area contributed by atoms with Crippen LogP contribution in [0.25, 0.3) is 0 Å². The van der Waals surface area contributed by atoms with Gasteiger partial charge in [0.1, 0.15) is 12.2 Å². The Labute approximate surface area is 144 Å². The normalized spacial score (nSPS) is 9.71. The molecule has 2 amide bonds. The van der Waals surface area contributed by atoms with Crippen molar-refractivity contribution in [2.24, 2.45) is 0 Å². The van der Waals surface area contributed by atoms with Gasteiger partial charge in [-0.05, 0) is 36.4 Å². The summed E-state index contributed by atoms with van der Waals surface area (Å²) in [6.45, 7) is 0. The Hall–Kier alpha value is -3.04. The molecule has 0 aromatic heterocycles. The molecule has 0 aliphatic carbocycles. The highest BCUT2D eigenvalue weighted by atomic mass is 35.5. The van der Waals surface area contributed by atoms with E-state index in [4.69, 9.17) is 21.6 Å². The summed E-state index contributed by atoms with van der Waals surface area (Å²) in [5.74, 6) is -0.343. The van der Waals surface area contributed by atoms with Crippen molar-refractivity contribution in [2.75, 3.05) is 17.7 Å². The molecule has 0 atom stereocenters. The first-order chi connectivity index (χ1) is 11.5. The molecular weight excluding hydrogens is 330 g/mol. The van der Waals surface area contributed by atoms with Crippen LogP contribution in [-0.2, 0) is 4.79 Å². The summed E-state index contributed by atoms with van der Waals surface area (Å²) < 4.78 is 5.18. The van der Waals surface area contributed by atoms with Crippen molar-refractivity contribution in [3.05, 3.63) is 53.1 Å². The van der Waals surface area contributed by atoms with Gasteiger partial charge in [0.25, 0.3) is 5.91 Å². The molecule has 0 radical (unpaired) electrons. The Morgan fingerprint density at radius 1 is 1.21 bits per heavy atom. The molecule has 0 heterocycles. The summed E-state index contributed by atoms with van der Waals surface area (Å²) in [6, 6.07) is 13.0. The second-order valence-electron chi connectivity index (χ2n) is 4.76. The fraction of sp³-hybridized carbons (Fsp3) is 0.118. The standard InChI is InChI=1S/C17H14ClN3O3/c1-24-15-6-5-12(18)10-14(15)21-17(23)11-3-2-4-13(9-11)20-16(22)7-8-19/h2-6,9-10H,7H2,1H3,(H,20,22)(H,21,23). The van der Waals surface area contributed by atoms with Gasteiger partial charge in [0, 0.05) is 16.3 Å². The molecule has 24 heavy (non-hydrogen) atoms. The highest BCUT2D eigenvalue weighted by molar-refractivity contribution is 6.31. The third-order valence-corrected chi connectivity index (χ3v) is 3.29. The monoisotopic (exact) mass is 343 g/mol. The van der Waals surface area contributed by atoms with E-state index in [-0.39, 0.29) is 12.3 Å². The van der Waals surface area contributed by atoms with Gasteiger partial charge in [-0.1, -0.05) is 17.7 Å². The number of methoxy groups -OCH3 is 1. The first-order valence-electron chi connectivity index (χ1n) is 6.95. The molecule has 0 saturated heterocycles. The maximum Gasteiger partial charge on any atom is 0.255 e. The van der Waals surface area contributed by atoms with Gasteiger partial charge in [-0.3, -0.25) is 9.59 Å². The number of rotatable bonds is 5. The molecule has 2 aromatic carbocycles. The zero-order valence-corrected chi connectivity index (χ0v) is 13.6. The van der Waals surface area contributed by atoms with Crippen molar-refractivity contribution in [3.8, 4) is 11.8 Å². The van der Waals surface area contributed by atoms with Crippen molar-refractivity contribution in [3.63, 3.8) is 0 Å². The van der Waals surface area contributed by atoms with E-state index in [1.165, 1.54) is 13.2 Å². The Morgan fingerprint density at radius 3 is 2.71 bits per heavy atom. The lowest BCUT2D eigenvalue weighted by Gasteiger charge is -2.11. The van der Waals surface area contributed by atoms with E-state index in [2.05, 4.69) is 10.6 Å². The van der Waals surface area contributed by atoms with Crippen LogP contribution >= 0.6 is 11.6 Å². The molecule has 2 N–H and O–H groups in total. The van der Waals surface area contributed by atoms with E-state index in [0.717, 1.165) is 0 Å². The maximum atomic E-state index is 12.4. The summed E-state index contributed by atoms with van der Waals surface area (Å²) in [7, 11) is 1.49. The van der Waals surface area contributed by atoms with Crippen molar-refractivity contribution >= 4 is 34.8 Å². The summed E-state index contributed by atoms with van der Waals surface area (Å²) in [4.78, 5) is 23.8. The molecule has 0 bridgehead atoms. The van der Waals surface area contributed by atoms with Crippen molar-refractivity contribution < 1.29 is 14.3 Å². The Bertz CT molecular complexity index is 815. The van der Waals surface area contributed by atoms with Crippen LogP contribution in [0.4, 0.5) is 11.4 Å². The fourth-order valence-corrected chi connectivity index (χ4v) is 2.16. The van der Waals surface area contributed by atoms with E-state index >= 15 is 0 Å². The molecule has 0 saturated carbocycles. The number of nitrogens with zero attached hydrogens (tertiary/aromatic N) is 1. The van der Waals surface area contributed by atoms with Crippen LogP contribution in [0.5, 0.6) is 5.75 Å². The Morgan fingerprint density at radius 2 is 2.00 bits per heavy atom. The third-order valence-electron chi connectivity index (χ3n) is 3.06. The summed E-state index contributed by atoms with van der Waals surface area (Å²) in [5, 5.41) is 14.2. The van der Waals surface area contributed by atoms with Crippen molar-refractivity contribution in [2.45, 2.75) is 6.42 Å². The van der Waals surface area contributed by atoms with Gasteiger partial charge < -0.3 is 15.4 Å². The van der Waals surface area contributed by atoms with Crippen LogP contribution in [0, 0.1) is 11.3 Å². The predicted molar refractivity (Wildman–Crippen MR) is 91.3 cm³/mol. The number of amides is 2.